The molecular weight excluding hydrogens is 352 g/mol. The topological polar surface area (TPSA) is 49.4 Å². The van der Waals surface area contributed by atoms with Crippen molar-refractivity contribution in [1.82, 2.24) is 0 Å². The average Bonchev–Trinajstić information content (AvgIpc) is 3.04. The summed E-state index contributed by atoms with van der Waals surface area (Å²) in [6, 6.07) is 9.31. The predicted molar refractivity (Wildman–Crippen MR) is 88.1 cm³/mol. The van der Waals surface area contributed by atoms with E-state index in [1.165, 1.54) is 11.3 Å². The predicted octanol–water partition coefficient (Wildman–Crippen LogP) is 3.67. The maximum Gasteiger partial charge on any atom is 0.265 e. The minimum atomic E-state index is -0.118. The van der Waals surface area contributed by atoms with Gasteiger partial charge in [0.25, 0.3) is 5.91 Å². The molecule has 1 aliphatic rings. The maximum atomic E-state index is 12.1. The van der Waals surface area contributed by atoms with Gasteiger partial charge < -0.3 is 10.2 Å². The third-order valence-corrected chi connectivity index (χ3v) is 5.03. The van der Waals surface area contributed by atoms with Crippen molar-refractivity contribution in [2.75, 3.05) is 16.8 Å². The summed E-state index contributed by atoms with van der Waals surface area (Å²) in [5.74, 6) is -0.0685. The zero-order valence-corrected chi connectivity index (χ0v) is 13.8. The van der Waals surface area contributed by atoms with Gasteiger partial charge in [0, 0.05) is 24.8 Å². The highest BCUT2D eigenvalue weighted by molar-refractivity contribution is 9.11. The van der Waals surface area contributed by atoms with Gasteiger partial charge in [0.15, 0.2) is 0 Å². The monoisotopic (exact) mass is 364 g/mol. The quantitative estimate of drug-likeness (QED) is 0.883. The fourth-order valence-electron chi connectivity index (χ4n) is 2.44. The molecule has 0 bridgehead atoms. The number of hydrogen-bond donors (Lipinski definition) is 1. The third kappa shape index (κ3) is 2.87. The molecule has 0 spiro atoms. The van der Waals surface area contributed by atoms with Crippen molar-refractivity contribution in [3.63, 3.8) is 0 Å². The van der Waals surface area contributed by atoms with Crippen LogP contribution in [0.5, 0.6) is 0 Å². The Balaban J connectivity index is 1.79. The molecule has 108 valence electrons. The molecule has 1 aliphatic heterocycles. The molecule has 0 unspecified atom stereocenters. The maximum absolute atomic E-state index is 12.1. The molecule has 0 fully saturated rings. The number of benzene rings is 1. The van der Waals surface area contributed by atoms with E-state index in [9.17, 15) is 9.59 Å². The van der Waals surface area contributed by atoms with E-state index in [0.29, 0.717) is 11.4 Å². The fourth-order valence-corrected chi connectivity index (χ4v) is 3.72. The second kappa shape index (κ2) is 5.61. The number of fused-ring (bicyclic) bond motifs is 1. The number of carbonyl (C=O) groups is 2. The molecule has 2 aromatic rings. The number of anilines is 2. The molecule has 0 atom stereocenters. The zero-order chi connectivity index (χ0) is 15.0. The minimum absolute atomic E-state index is 0.0500. The van der Waals surface area contributed by atoms with E-state index >= 15 is 0 Å². The largest absolute Gasteiger partial charge is 0.321 e. The second-order valence-corrected chi connectivity index (χ2v) is 7.29. The Morgan fingerprint density at radius 2 is 2.10 bits per heavy atom. The van der Waals surface area contributed by atoms with E-state index in [1.807, 2.05) is 24.3 Å². The van der Waals surface area contributed by atoms with Crippen LogP contribution in [0.25, 0.3) is 0 Å². The summed E-state index contributed by atoms with van der Waals surface area (Å²) in [5, 5.41) is 2.89. The van der Waals surface area contributed by atoms with Crippen LogP contribution in [-0.4, -0.2) is 18.4 Å². The minimum Gasteiger partial charge on any atom is -0.321 e. The van der Waals surface area contributed by atoms with Crippen molar-refractivity contribution in [1.29, 1.82) is 0 Å². The summed E-state index contributed by atoms with van der Waals surface area (Å²) in [7, 11) is 0. The van der Waals surface area contributed by atoms with Crippen LogP contribution in [0.15, 0.2) is 34.1 Å². The molecule has 2 amide bonds. The van der Waals surface area contributed by atoms with Crippen LogP contribution in [0.1, 0.15) is 22.2 Å². The van der Waals surface area contributed by atoms with Crippen LogP contribution in [0.4, 0.5) is 11.4 Å². The highest BCUT2D eigenvalue weighted by Gasteiger charge is 2.22. The number of carbonyl (C=O) groups excluding carboxylic acids is 2. The van der Waals surface area contributed by atoms with Crippen LogP contribution in [0, 0.1) is 0 Å². The van der Waals surface area contributed by atoms with E-state index in [1.54, 1.807) is 17.9 Å². The van der Waals surface area contributed by atoms with Crippen molar-refractivity contribution in [2.24, 2.45) is 0 Å². The first kappa shape index (κ1) is 14.3. The SMILES string of the molecule is CC(=O)N1CCc2cc(NC(=O)c3ccc(Br)s3)ccc21. The number of nitrogens with one attached hydrogen (secondary N) is 1. The molecule has 4 nitrogen and oxygen atoms in total. The molecule has 1 N–H and O–H groups in total. The van der Waals surface area contributed by atoms with Crippen molar-refractivity contribution in [3.8, 4) is 0 Å². The number of nitrogens with zero attached hydrogens (tertiary/aromatic N) is 1. The summed E-state index contributed by atoms with van der Waals surface area (Å²) < 4.78 is 0.929. The Morgan fingerprint density at radius 3 is 2.76 bits per heavy atom. The van der Waals surface area contributed by atoms with Gasteiger partial charge in [-0.25, -0.2) is 0 Å². The molecule has 0 saturated carbocycles. The summed E-state index contributed by atoms with van der Waals surface area (Å²) >= 11 is 4.74. The molecule has 0 saturated heterocycles. The highest BCUT2D eigenvalue weighted by atomic mass is 79.9. The Kier molecular flexibility index (Phi) is 3.82. The van der Waals surface area contributed by atoms with Gasteiger partial charge >= 0.3 is 0 Å². The number of hydrogen-bond acceptors (Lipinski definition) is 3. The second-order valence-electron chi connectivity index (χ2n) is 4.82. The standard InChI is InChI=1S/C15H13BrN2O2S/c1-9(19)18-7-6-10-8-11(2-3-12(10)18)17-15(20)13-4-5-14(16)21-13/h2-5,8H,6-7H2,1H3,(H,17,20). The van der Waals surface area contributed by atoms with Crippen LogP contribution < -0.4 is 10.2 Å². The van der Waals surface area contributed by atoms with Gasteiger partial charge in [0.1, 0.15) is 0 Å². The lowest BCUT2D eigenvalue weighted by Crippen LogP contribution is -2.25. The lowest BCUT2D eigenvalue weighted by atomic mass is 10.1. The first-order valence-corrected chi connectivity index (χ1v) is 8.13. The third-order valence-electron chi connectivity index (χ3n) is 3.41. The lowest BCUT2D eigenvalue weighted by Gasteiger charge is -2.15. The molecule has 1 aromatic heterocycles. The Bertz CT molecular complexity index is 726. The molecule has 0 aliphatic carbocycles. The summed E-state index contributed by atoms with van der Waals surface area (Å²) in [6.45, 7) is 2.28. The Morgan fingerprint density at radius 1 is 1.29 bits per heavy atom. The molecule has 6 heteroatoms. The fraction of sp³-hybridized carbons (Fsp3) is 0.200. The average molecular weight is 365 g/mol. The first-order valence-electron chi connectivity index (χ1n) is 6.52. The van der Waals surface area contributed by atoms with Crippen LogP contribution in [0.3, 0.4) is 0 Å². The number of rotatable bonds is 2. The van der Waals surface area contributed by atoms with Gasteiger partial charge in [0.2, 0.25) is 5.91 Å². The normalized spacial score (nSPS) is 13.1. The van der Waals surface area contributed by atoms with E-state index < -0.39 is 0 Å². The van der Waals surface area contributed by atoms with Crippen molar-refractivity contribution < 1.29 is 9.59 Å². The van der Waals surface area contributed by atoms with Gasteiger partial charge in [0.05, 0.1) is 8.66 Å². The zero-order valence-electron chi connectivity index (χ0n) is 11.4. The molecule has 3 rings (SSSR count). The Hall–Kier alpha value is -1.66. The van der Waals surface area contributed by atoms with E-state index in [0.717, 1.165) is 27.1 Å². The van der Waals surface area contributed by atoms with Gasteiger partial charge in [-0.05, 0) is 58.2 Å². The van der Waals surface area contributed by atoms with Gasteiger partial charge in [-0.15, -0.1) is 11.3 Å². The summed E-state index contributed by atoms with van der Waals surface area (Å²) in [5.41, 5.74) is 2.79. The number of halogens is 1. The van der Waals surface area contributed by atoms with E-state index in [-0.39, 0.29) is 11.8 Å². The molecule has 0 radical (unpaired) electrons. The van der Waals surface area contributed by atoms with Gasteiger partial charge in [-0.2, -0.15) is 0 Å². The van der Waals surface area contributed by atoms with Crippen molar-refractivity contribution in [2.45, 2.75) is 13.3 Å². The first-order chi connectivity index (χ1) is 10.0. The smallest absolute Gasteiger partial charge is 0.265 e. The molecule has 1 aromatic carbocycles. The Labute approximate surface area is 134 Å². The summed E-state index contributed by atoms with van der Waals surface area (Å²) in [4.78, 5) is 26.0. The number of amides is 2. The van der Waals surface area contributed by atoms with Crippen molar-refractivity contribution >= 4 is 50.5 Å². The van der Waals surface area contributed by atoms with Gasteiger partial charge in [-0.3, -0.25) is 9.59 Å². The highest BCUT2D eigenvalue weighted by Crippen LogP contribution is 2.31. The molecular formula is C15H13BrN2O2S. The summed E-state index contributed by atoms with van der Waals surface area (Å²) in [6.07, 6.45) is 0.823. The van der Waals surface area contributed by atoms with Crippen LogP contribution in [-0.2, 0) is 11.2 Å². The van der Waals surface area contributed by atoms with Gasteiger partial charge in [-0.1, -0.05) is 0 Å². The molecule has 21 heavy (non-hydrogen) atoms. The van der Waals surface area contributed by atoms with E-state index in [4.69, 9.17) is 0 Å². The van der Waals surface area contributed by atoms with Crippen molar-refractivity contribution in [3.05, 3.63) is 44.6 Å². The molecule has 2 heterocycles. The number of thiophene rings is 1. The van der Waals surface area contributed by atoms with E-state index in [2.05, 4.69) is 21.2 Å². The lowest BCUT2D eigenvalue weighted by molar-refractivity contribution is -0.116. The van der Waals surface area contributed by atoms with Crippen LogP contribution in [0.2, 0.25) is 0 Å². The van der Waals surface area contributed by atoms with Crippen LogP contribution >= 0.6 is 27.3 Å².